The van der Waals surface area contributed by atoms with Crippen LogP contribution in [0.1, 0.15) is 12.8 Å². The average Bonchev–Trinajstić information content (AvgIpc) is 3.02. The normalized spacial score (nSPS) is 17.4. The highest BCUT2D eigenvalue weighted by Crippen LogP contribution is 2.23. The van der Waals surface area contributed by atoms with Crippen LogP contribution in [0.5, 0.6) is 5.75 Å². The van der Waals surface area contributed by atoms with Gasteiger partial charge in [-0.3, -0.25) is 9.88 Å². The van der Waals surface area contributed by atoms with E-state index < -0.39 is 0 Å². The van der Waals surface area contributed by atoms with Gasteiger partial charge in [-0.15, -0.1) is 0 Å². The van der Waals surface area contributed by atoms with Gasteiger partial charge in [-0.2, -0.15) is 0 Å². The number of para-hydroxylation sites is 1. The van der Waals surface area contributed by atoms with E-state index in [-0.39, 0.29) is 0 Å². The van der Waals surface area contributed by atoms with Crippen molar-refractivity contribution in [3.05, 3.63) is 36.5 Å². The summed E-state index contributed by atoms with van der Waals surface area (Å²) in [4.78, 5) is 6.84. The molecule has 0 spiro atoms. The van der Waals surface area contributed by atoms with Crippen molar-refractivity contribution >= 4 is 10.9 Å². The smallest absolute Gasteiger partial charge is 0.145 e. The number of hydrogen-bond acceptors (Lipinski definition) is 4. The van der Waals surface area contributed by atoms with Gasteiger partial charge in [0.15, 0.2) is 0 Å². The Balaban J connectivity index is 1.72. The number of likely N-dealkylation sites (tertiary alicyclic amines) is 1. The summed E-state index contributed by atoms with van der Waals surface area (Å²) in [6.07, 6.45) is 4.34. The summed E-state index contributed by atoms with van der Waals surface area (Å²) < 4.78 is 6.00. The van der Waals surface area contributed by atoms with Crippen molar-refractivity contribution in [1.82, 2.24) is 9.88 Å². The molecule has 4 nitrogen and oxygen atoms in total. The number of hydrogen-bond donors (Lipinski definition) is 1. The highest BCUT2D eigenvalue weighted by atomic mass is 16.5. The van der Waals surface area contributed by atoms with Crippen LogP contribution in [0, 0.1) is 0 Å². The molecule has 1 atom stereocenters. The Kier molecular flexibility index (Phi) is 4.14. The van der Waals surface area contributed by atoms with Crippen LogP contribution in [0.3, 0.4) is 0 Å². The van der Waals surface area contributed by atoms with Gasteiger partial charge >= 0.3 is 0 Å². The SMILES string of the molecule is NCC(COc1cccc2cccnc12)N1CCCC1. The van der Waals surface area contributed by atoms with E-state index in [0.717, 1.165) is 29.7 Å². The Labute approximate surface area is 119 Å². The van der Waals surface area contributed by atoms with Crippen molar-refractivity contribution in [2.75, 3.05) is 26.2 Å². The average molecular weight is 271 g/mol. The molecular weight excluding hydrogens is 250 g/mol. The van der Waals surface area contributed by atoms with E-state index >= 15 is 0 Å². The Morgan fingerprint density at radius 2 is 2.00 bits per heavy atom. The molecule has 1 saturated heterocycles. The topological polar surface area (TPSA) is 51.4 Å². The van der Waals surface area contributed by atoms with Crippen LogP contribution in [0.2, 0.25) is 0 Å². The second-order valence-electron chi connectivity index (χ2n) is 5.27. The van der Waals surface area contributed by atoms with Crippen LogP contribution in [0.25, 0.3) is 10.9 Å². The third kappa shape index (κ3) is 2.76. The molecule has 0 amide bonds. The Bertz CT molecular complexity index is 561. The van der Waals surface area contributed by atoms with Crippen molar-refractivity contribution in [1.29, 1.82) is 0 Å². The Hall–Kier alpha value is -1.65. The molecule has 0 aliphatic carbocycles. The van der Waals surface area contributed by atoms with Crippen LogP contribution in [0.15, 0.2) is 36.5 Å². The maximum atomic E-state index is 6.00. The summed E-state index contributed by atoms with van der Waals surface area (Å²) >= 11 is 0. The molecule has 1 aromatic heterocycles. The molecule has 4 heteroatoms. The molecule has 20 heavy (non-hydrogen) atoms. The number of fused-ring (bicyclic) bond motifs is 1. The van der Waals surface area contributed by atoms with Crippen LogP contribution in [-0.4, -0.2) is 42.2 Å². The summed E-state index contributed by atoms with van der Waals surface area (Å²) in [5, 5.41) is 1.11. The van der Waals surface area contributed by atoms with Crippen LogP contribution >= 0.6 is 0 Å². The molecule has 0 radical (unpaired) electrons. The van der Waals surface area contributed by atoms with Gasteiger partial charge in [0.25, 0.3) is 0 Å². The maximum absolute atomic E-state index is 6.00. The summed E-state index contributed by atoms with van der Waals surface area (Å²) in [5.74, 6) is 0.848. The highest BCUT2D eigenvalue weighted by Gasteiger charge is 2.21. The molecule has 1 unspecified atom stereocenters. The first kappa shape index (κ1) is 13.3. The monoisotopic (exact) mass is 271 g/mol. The maximum Gasteiger partial charge on any atom is 0.145 e. The summed E-state index contributed by atoms with van der Waals surface area (Å²) in [6, 6.07) is 10.3. The molecular formula is C16H21N3O. The summed E-state index contributed by atoms with van der Waals surface area (Å²) in [7, 11) is 0. The molecule has 1 fully saturated rings. The number of nitrogens with zero attached hydrogens (tertiary/aromatic N) is 2. The number of benzene rings is 1. The van der Waals surface area contributed by atoms with Crippen LogP contribution in [0.4, 0.5) is 0 Å². The van der Waals surface area contributed by atoms with Gasteiger partial charge in [0.1, 0.15) is 17.9 Å². The summed E-state index contributed by atoms with van der Waals surface area (Å²) in [6.45, 7) is 3.54. The largest absolute Gasteiger partial charge is 0.490 e. The van der Waals surface area contributed by atoms with E-state index in [1.165, 1.54) is 12.8 Å². The van der Waals surface area contributed by atoms with Crippen LogP contribution in [-0.2, 0) is 0 Å². The first-order chi connectivity index (χ1) is 9.88. The van der Waals surface area contributed by atoms with Gasteiger partial charge < -0.3 is 10.5 Å². The van der Waals surface area contributed by atoms with Crippen molar-refractivity contribution in [2.24, 2.45) is 5.73 Å². The fourth-order valence-corrected chi connectivity index (χ4v) is 2.81. The van der Waals surface area contributed by atoms with Crippen molar-refractivity contribution in [3.63, 3.8) is 0 Å². The highest BCUT2D eigenvalue weighted by molar-refractivity contribution is 5.84. The molecule has 1 aromatic carbocycles. The lowest BCUT2D eigenvalue weighted by atomic mass is 10.2. The zero-order valence-electron chi connectivity index (χ0n) is 11.7. The third-order valence-corrected chi connectivity index (χ3v) is 3.96. The number of ether oxygens (including phenoxy) is 1. The van der Waals surface area contributed by atoms with Gasteiger partial charge in [-0.1, -0.05) is 18.2 Å². The van der Waals surface area contributed by atoms with Gasteiger partial charge in [0, 0.05) is 18.1 Å². The van der Waals surface area contributed by atoms with E-state index in [9.17, 15) is 0 Å². The number of pyridine rings is 1. The predicted molar refractivity (Wildman–Crippen MR) is 80.9 cm³/mol. The summed E-state index contributed by atoms with van der Waals surface area (Å²) in [5.41, 5.74) is 6.82. The molecule has 1 aliphatic heterocycles. The number of aromatic nitrogens is 1. The molecule has 2 N–H and O–H groups in total. The Morgan fingerprint density at radius 3 is 2.80 bits per heavy atom. The molecule has 3 rings (SSSR count). The minimum atomic E-state index is 0.302. The predicted octanol–water partition coefficient (Wildman–Crippen LogP) is 2.04. The van der Waals surface area contributed by atoms with Gasteiger partial charge in [-0.05, 0) is 38.1 Å². The van der Waals surface area contributed by atoms with Gasteiger partial charge in [0.05, 0.1) is 6.04 Å². The van der Waals surface area contributed by atoms with Crippen molar-refractivity contribution in [3.8, 4) is 5.75 Å². The standard InChI is InChI=1S/C16H21N3O/c17-11-14(19-9-1-2-10-19)12-20-15-7-3-5-13-6-4-8-18-16(13)15/h3-8,14H,1-2,9-12,17H2. The van der Waals surface area contributed by atoms with E-state index in [0.29, 0.717) is 19.2 Å². The van der Waals surface area contributed by atoms with Crippen molar-refractivity contribution in [2.45, 2.75) is 18.9 Å². The lowest BCUT2D eigenvalue weighted by molar-refractivity contribution is 0.166. The molecule has 2 aromatic rings. The molecule has 0 saturated carbocycles. The molecule has 0 bridgehead atoms. The molecule has 2 heterocycles. The van der Waals surface area contributed by atoms with E-state index in [2.05, 4.69) is 22.0 Å². The Morgan fingerprint density at radius 1 is 1.20 bits per heavy atom. The van der Waals surface area contributed by atoms with E-state index in [4.69, 9.17) is 10.5 Å². The van der Waals surface area contributed by atoms with E-state index in [1.807, 2.05) is 18.2 Å². The number of nitrogens with two attached hydrogens (primary N) is 1. The minimum absolute atomic E-state index is 0.302. The van der Waals surface area contributed by atoms with Gasteiger partial charge in [0.2, 0.25) is 0 Å². The quantitative estimate of drug-likeness (QED) is 0.904. The lowest BCUT2D eigenvalue weighted by Crippen LogP contribution is -2.42. The second-order valence-corrected chi connectivity index (χ2v) is 5.27. The first-order valence-electron chi connectivity index (χ1n) is 7.29. The first-order valence-corrected chi connectivity index (χ1v) is 7.29. The zero-order valence-corrected chi connectivity index (χ0v) is 11.7. The minimum Gasteiger partial charge on any atom is -0.490 e. The third-order valence-electron chi connectivity index (χ3n) is 3.96. The van der Waals surface area contributed by atoms with Crippen LogP contribution < -0.4 is 10.5 Å². The van der Waals surface area contributed by atoms with Gasteiger partial charge in [-0.25, -0.2) is 0 Å². The zero-order chi connectivity index (χ0) is 13.8. The lowest BCUT2D eigenvalue weighted by Gasteiger charge is -2.26. The van der Waals surface area contributed by atoms with Crippen molar-refractivity contribution < 1.29 is 4.74 Å². The fourth-order valence-electron chi connectivity index (χ4n) is 2.81. The fraction of sp³-hybridized carbons (Fsp3) is 0.438. The molecule has 1 aliphatic rings. The molecule has 106 valence electrons. The second kappa shape index (κ2) is 6.20. The number of rotatable bonds is 5. The van der Waals surface area contributed by atoms with E-state index in [1.54, 1.807) is 6.20 Å².